The molecule has 0 spiro atoms. The minimum absolute atomic E-state index is 0.124. The zero-order valence-electron chi connectivity index (χ0n) is 14.9. The first-order chi connectivity index (χ1) is 12.3. The van der Waals surface area contributed by atoms with E-state index in [2.05, 4.69) is 34.2 Å². The summed E-state index contributed by atoms with van der Waals surface area (Å²) >= 11 is 0. The zero-order chi connectivity index (χ0) is 17.2. The van der Waals surface area contributed by atoms with Crippen molar-refractivity contribution in [2.75, 3.05) is 24.5 Å². The Bertz CT molecular complexity index is 730. The van der Waals surface area contributed by atoms with Crippen LogP contribution in [-0.2, 0) is 19.4 Å². The van der Waals surface area contributed by atoms with E-state index in [1.54, 1.807) is 0 Å². The van der Waals surface area contributed by atoms with Gasteiger partial charge in [0.2, 0.25) is 0 Å². The Labute approximate surface area is 149 Å². The van der Waals surface area contributed by atoms with Crippen molar-refractivity contribution in [1.29, 1.82) is 0 Å². The molecule has 1 aromatic carbocycles. The largest absolute Gasteiger partial charge is 0.372 e. The van der Waals surface area contributed by atoms with Gasteiger partial charge in [-0.25, -0.2) is 0 Å². The minimum atomic E-state index is 0.124. The van der Waals surface area contributed by atoms with Gasteiger partial charge < -0.3 is 9.80 Å². The average Bonchev–Trinajstić information content (AvgIpc) is 3.10. The Morgan fingerprint density at radius 1 is 1.12 bits per heavy atom. The number of hydrogen-bond donors (Lipinski definition) is 1. The van der Waals surface area contributed by atoms with Gasteiger partial charge in [0, 0.05) is 55.1 Å². The van der Waals surface area contributed by atoms with Crippen molar-refractivity contribution in [3.05, 3.63) is 46.8 Å². The zero-order valence-corrected chi connectivity index (χ0v) is 14.9. The minimum Gasteiger partial charge on any atom is -0.372 e. The second kappa shape index (κ2) is 6.90. The van der Waals surface area contributed by atoms with Crippen LogP contribution in [-0.4, -0.2) is 40.6 Å². The molecule has 2 aromatic rings. The van der Waals surface area contributed by atoms with Crippen molar-refractivity contribution < 1.29 is 4.79 Å². The lowest BCUT2D eigenvalue weighted by atomic mass is 10.0. The summed E-state index contributed by atoms with van der Waals surface area (Å²) in [7, 11) is 0. The molecule has 2 aliphatic rings. The number of amides is 1. The van der Waals surface area contributed by atoms with Crippen LogP contribution in [0.3, 0.4) is 0 Å². The number of piperidine rings is 1. The molecular formula is C20H26N4O. The Morgan fingerprint density at radius 2 is 1.88 bits per heavy atom. The number of anilines is 1. The lowest BCUT2D eigenvalue weighted by molar-refractivity contribution is 0.0734. The number of carbonyl (C=O) groups is 1. The highest BCUT2D eigenvalue weighted by Crippen LogP contribution is 2.24. The van der Waals surface area contributed by atoms with Crippen LogP contribution >= 0.6 is 0 Å². The third kappa shape index (κ3) is 3.15. The molecule has 0 atom stereocenters. The quantitative estimate of drug-likeness (QED) is 0.935. The van der Waals surface area contributed by atoms with Crippen LogP contribution < -0.4 is 4.90 Å². The monoisotopic (exact) mass is 338 g/mol. The number of carbonyl (C=O) groups excluding carboxylic acids is 1. The first-order valence-electron chi connectivity index (χ1n) is 9.45. The van der Waals surface area contributed by atoms with Gasteiger partial charge in [0.25, 0.3) is 5.91 Å². The highest BCUT2D eigenvalue weighted by atomic mass is 16.2. The summed E-state index contributed by atoms with van der Waals surface area (Å²) in [5.74, 6) is 0.124. The average molecular weight is 338 g/mol. The number of aromatic amines is 1. The van der Waals surface area contributed by atoms with Gasteiger partial charge in [-0.3, -0.25) is 9.89 Å². The molecule has 5 heteroatoms. The van der Waals surface area contributed by atoms with Gasteiger partial charge in [-0.05, 0) is 49.9 Å². The third-order valence-corrected chi connectivity index (χ3v) is 5.48. The predicted molar refractivity (Wildman–Crippen MR) is 98.9 cm³/mol. The normalized spacial score (nSPS) is 17.5. The number of benzene rings is 1. The van der Waals surface area contributed by atoms with E-state index in [9.17, 15) is 4.79 Å². The first kappa shape index (κ1) is 16.2. The van der Waals surface area contributed by atoms with Gasteiger partial charge in [0.1, 0.15) is 0 Å². The fraction of sp³-hybridized carbons (Fsp3) is 0.500. The molecule has 5 nitrogen and oxygen atoms in total. The van der Waals surface area contributed by atoms with E-state index in [4.69, 9.17) is 0 Å². The maximum atomic E-state index is 12.9. The molecule has 132 valence electrons. The summed E-state index contributed by atoms with van der Waals surface area (Å²) in [6.07, 6.45) is 5.62. The molecule has 1 N–H and O–H groups in total. The van der Waals surface area contributed by atoms with Gasteiger partial charge in [0.15, 0.2) is 0 Å². The molecule has 0 unspecified atom stereocenters. The summed E-state index contributed by atoms with van der Waals surface area (Å²) in [4.78, 5) is 17.3. The molecule has 3 heterocycles. The Morgan fingerprint density at radius 3 is 2.60 bits per heavy atom. The maximum absolute atomic E-state index is 12.9. The van der Waals surface area contributed by atoms with Gasteiger partial charge >= 0.3 is 0 Å². The highest BCUT2D eigenvalue weighted by molar-refractivity contribution is 5.94. The van der Waals surface area contributed by atoms with E-state index in [1.165, 1.54) is 36.2 Å². The van der Waals surface area contributed by atoms with E-state index < -0.39 is 0 Å². The van der Waals surface area contributed by atoms with Crippen LogP contribution in [0, 0.1) is 0 Å². The summed E-state index contributed by atoms with van der Waals surface area (Å²) in [6.45, 7) is 5.79. The van der Waals surface area contributed by atoms with Gasteiger partial charge in [-0.15, -0.1) is 0 Å². The van der Waals surface area contributed by atoms with Crippen LogP contribution in [0.2, 0.25) is 0 Å². The number of nitrogens with zero attached hydrogens (tertiary/aromatic N) is 3. The van der Waals surface area contributed by atoms with Gasteiger partial charge in [-0.1, -0.05) is 6.92 Å². The lowest BCUT2D eigenvalue weighted by Gasteiger charge is -2.29. The molecule has 25 heavy (non-hydrogen) atoms. The Hall–Kier alpha value is -2.30. The van der Waals surface area contributed by atoms with E-state index in [0.29, 0.717) is 6.54 Å². The second-order valence-electron chi connectivity index (χ2n) is 7.05. The number of aromatic nitrogens is 2. The molecule has 1 aromatic heterocycles. The Kier molecular flexibility index (Phi) is 4.47. The van der Waals surface area contributed by atoms with Crippen molar-refractivity contribution >= 4 is 11.6 Å². The number of nitrogens with one attached hydrogen (secondary N) is 1. The van der Waals surface area contributed by atoms with Gasteiger partial charge in [-0.2, -0.15) is 5.10 Å². The molecule has 1 saturated heterocycles. The van der Waals surface area contributed by atoms with E-state index in [0.717, 1.165) is 43.7 Å². The van der Waals surface area contributed by atoms with Crippen molar-refractivity contribution in [2.24, 2.45) is 0 Å². The number of hydrogen-bond acceptors (Lipinski definition) is 3. The van der Waals surface area contributed by atoms with Crippen LogP contribution in [0.4, 0.5) is 5.69 Å². The number of aryl methyl sites for hydroxylation is 1. The molecule has 1 fully saturated rings. The van der Waals surface area contributed by atoms with Crippen LogP contribution in [0.5, 0.6) is 0 Å². The van der Waals surface area contributed by atoms with Crippen molar-refractivity contribution in [3.63, 3.8) is 0 Å². The van der Waals surface area contributed by atoms with Crippen LogP contribution in [0.1, 0.15) is 53.5 Å². The molecule has 4 rings (SSSR count). The highest BCUT2D eigenvalue weighted by Gasteiger charge is 2.25. The summed E-state index contributed by atoms with van der Waals surface area (Å²) in [5, 5.41) is 7.50. The fourth-order valence-electron chi connectivity index (χ4n) is 3.97. The molecule has 0 saturated carbocycles. The molecule has 0 bridgehead atoms. The van der Waals surface area contributed by atoms with E-state index >= 15 is 0 Å². The van der Waals surface area contributed by atoms with E-state index in [-0.39, 0.29) is 5.91 Å². The predicted octanol–water partition coefficient (Wildman–Crippen LogP) is 3.16. The molecule has 2 aliphatic heterocycles. The molecule has 0 aliphatic carbocycles. The van der Waals surface area contributed by atoms with E-state index in [1.807, 2.05) is 17.0 Å². The lowest BCUT2D eigenvalue weighted by Crippen LogP contribution is -2.36. The van der Waals surface area contributed by atoms with Crippen LogP contribution in [0.15, 0.2) is 24.3 Å². The summed E-state index contributed by atoms with van der Waals surface area (Å²) in [5.41, 5.74) is 5.52. The SMILES string of the molecule is CCc1n[nH]c2c1CN(C(=O)c1ccc(N3CCCCC3)cc1)CC2. The summed E-state index contributed by atoms with van der Waals surface area (Å²) < 4.78 is 0. The fourth-order valence-corrected chi connectivity index (χ4v) is 3.97. The standard InChI is InChI=1S/C20H26N4O/c1-2-18-17-14-24(13-10-19(17)22-21-18)20(25)15-6-8-16(9-7-15)23-11-4-3-5-12-23/h6-9H,2-5,10-14H2,1H3,(H,21,22). The third-order valence-electron chi connectivity index (χ3n) is 5.48. The summed E-state index contributed by atoms with van der Waals surface area (Å²) in [6, 6.07) is 8.17. The van der Waals surface area contributed by atoms with Crippen LogP contribution in [0.25, 0.3) is 0 Å². The number of rotatable bonds is 3. The molecule has 1 amide bonds. The number of fused-ring (bicyclic) bond motifs is 1. The topological polar surface area (TPSA) is 52.2 Å². The van der Waals surface area contributed by atoms with Crippen molar-refractivity contribution in [3.8, 4) is 0 Å². The first-order valence-corrected chi connectivity index (χ1v) is 9.45. The van der Waals surface area contributed by atoms with Crippen molar-refractivity contribution in [2.45, 2.75) is 45.6 Å². The second-order valence-corrected chi connectivity index (χ2v) is 7.05. The molecular weight excluding hydrogens is 312 g/mol. The Balaban J connectivity index is 1.47. The number of H-pyrrole nitrogens is 1. The van der Waals surface area contributed by atoms with Crippen molar-refractivity contribution in [1.82, 2.24) is 15.1 Å². The molecule has 0 radical (unpaired) electrons. The maximum Gasteiger partial charge on any atom is 0.254 e. The van der Waals surface area contributed by atoms with Gasteiger partial charge in [0.05, 0.1) is 5.69 Å². The smallest absolute Gasteiger partial charge is 0.254 e.